The van der Waals surface area contributed by atoms with E-state index in [0.717, 1.165) is 24.2 Å². The molecule has 2 atom stereocenters. The van der Waals surface area contributed by atoms with Crippen molar-refractivity contribution >= 4 is 0 Å². The van der Waals surface area contributed by atoms with Crippen molar-refractivity contribution in [3.8, 4) is 5.75 Å². The molecule has 2 rings (SSSR count). The Balaban J connectivity index is 2.12. The molecule has 1 N–H and O–H groups in total. The van der Waals surface area contributed by atoms with Gasteiger partial charge in [0.25, 0.3) is 0 Å². The monoisotopic (exact) mass is 234 g/mol. The van der Waals surface area contributed by atoms with Crippen LogP contribution in [0.3, 0.4) is 0 Å². The third-order valence-electron chi connectivity index (χ3n) is 3.83. The smallest absolute Gasteiger partial charge is 0.125 e. The number of rotatable bonds is 2. The quantitative estimate of drug-likeness (QED) is 0.851. The molecule has 0 heterocycles. The molecule has 0 aliphatic heterocycles. The average molecular weight is 234 g/mol. The molecule has 0 amide bonds. The average Bonchev–Trinajstić information content (AvgIpc) is 2.49. The van der Waals surface area contributed by atoms with Crippen LogP contribution in [0.4, 0.5) is 0 Å². The SMILES string of the molecule is Cc1ccc(OC2CCC(C)(C)C2O)c(C)c1. The van der Waals surface area contributed by atoms with Gasteiger partial charge >= 0.3 is 0 Å². The van der Waals surface area contributed by atoms with Gasteiger partial charge in [0.1, 0.15) is 11.9 Å². The van der Waals surface area contributed by atoms with E-state index >= 15 is 0 Å². The molecule has 2 heteroatoms. The molecule has 0 spiro atoms. The summed E-state index contributed by atoms with van der Waals surface area (Å²) in [7, 11) is 0. The lowest BCUT2D eigenvalue weighted by Gasteiger charge is -2.26. The summed E-state index contributed by atoms with van der Waals surface area (Å²) in [6.45, 7) is 8.32. The van der Waals surface area contributed by atoms with E-state index in [2.05, 4.69) is 39.8 Å². The minimum Gasteiger partial charge on any atom is -0.487 e. The van der Waals surface area contributed by atoms with E-state index in [9.17, 15) is 5.11 Å². The van der Waals surface area contributed by atoms with Gasteiger partial charge in [-0.1, -0.05) is 31.5 Å². The van der Waals surface area contributed by atoms with E-state index in [0.29, 0.717) is 0 Å². The molecule has 1 aromatic rings. The molecule has 1 aromatic carbocycles. The van der Waals surface area contributed by atoms with Gasteiger partial charge in [-0.05, 0) is 43.7 Å². The largest absolute Gasteiger partial charge is 0.487 e. The van der Waals surface area contributed by atoms with Crippen LogP contribution < -0.4 is 4.74 Å². The Morgan fingerprint density at radius 3 is 2.53 bits per heavy atom. The van der Waals surface area contributed by atoms with Crippen LogP contribution in [0.15, 0.2) is 18.2 Å². The minimum absolute atomic E-state index is 0.0245. The molecule has 0 bridgehead atoms. The summed E-state index contributed by atoms with van der Waals surface area (Å²) >= 11 is 0. The number of hydrogen-bond donors (Lipinski definition) is 1. The topological polar surface area (TPSA) is 29.5 Å². The van der Waals surface area contributed by atoms with Gasteiger partial charge in [-0.2, -0.15) is 0 Å². The lowest BCUT2D eigenvalue weighted by atomic mass is 9.89. The van der Waals surface area contributed by atoms with E-state index in [4.69, 9.17) is 4.74 Å². The van der Waals surface area contributed by atoms with Crippen molar-refractivity contribution in [2.75, 3.05) is 0 Å². The molecule has 2 unspecified atom stereocenters. The second-order valence-electron chi connectivity index (χ2n) is 5.90. The molecule has 2 nitrogen and oxygen atoms in total. The van der Waals surface area contributed by atoms with Crippen LogP contribution in [0, 0.1) is 19.3 Å². The van der Waals surface area contributed by atoms with E-state index < -0.39 is 0 Å². The number of aryl methyl sites for hydroxylation is 2. The molecule has 0 radical (unpaired) electrons. The van der Waals surface area contributed by atoms with Crippen LogP contribution in [0.25, 0.3) is 0 Å². The normalized spacial score (nSPS) is 27.1. The van der Waals surface area contributed by atoms with E-state index in [1.165, 1.54) is 5.56 Å². The van der Waals surface area contributed by atoms with E-state index in [-0.39, 0.29) is 17.6 Å². The highest BCUT2D eigenvalue weighted by Crippen LogP contribution is 2.39. The van der Waals surface area contributed by atoms with Crippen molar-refractivity contribution < 1.29 is 9.84 Å². The van der Waals surface area contributed by atoms with Gasteiger partial charge in [-0.25, -0.2) is 0 Å². The highest BCUT2D eigenvalue weighted by molar-refractivity contribution is 5.36. The maximum Gasteiger partial charge on any atom is 0.125 e. The fourth-order valence-electron chi connectivity index (χ4n) is 2.54. The first-order chi connectivity index (χ1) is 7.90. The molecule has 0 saturated heterocycles. The van der Waals surface area contributed by atoms with Crippen molar-refractivity contribution in [2.45, 2.75) is 52.7 Å². The summed E-state index contributed by atoms with van der Waals surface area (Å²) in [6, 6.07) is 6.17. The second kappa shape index (κ2) is 4.34. The van der Waals surface area contributed by atoms with Gasteiger partial charge in [0.15, 0.2) is 0 Å². The molecule has 1 fully saturated rings. The van der Waals surface area contributed by atoms with Crippen molar-refractivity contribution in [3.63, 3.8) is 0 Å². The molecular weight excluding hydrogens is 212 g/mol. The molecule has 1 saturated carbocycles. The Hall–Kier alpha value is -1.02. The van der Waals surface area contributed by atoms with E-state index in [1.54, 1.807) is 0 Å². The molecular formula is C15H22O2. The molecule has 94 valence electrons. The minimum atomic E-state index is -0.372. The van der Waals surface area contributed by atoms with Gasteiger partial charge in [-0.3, -0.25) is 0 Å². The van der Waals surface area contributed by atoms with Crippen LogP contribution in [-0.4, -0.2) is 17.3 Å². The van der Waals surface area contributed by atoms with Crippen molar-refractivity contribution in [1.29, 1.82) is 0 Å². The van der Waals surface area contributed by atoms with Crippen LogP contribution in [-0.2, 0) is 0 Å². The highest BCUT2D eigenvalue weighted by atomic mass is 16.5. The second-order valence-corrected chi connectivity index (χ2v) is 5.90. The third kappa shape index (κ3) is 2.47. The lowest BCUT2D eigenvalue weighted by Crippen LogP contribution is -2.34. The summed E-state index contributed by atoms with van der Waals surface area (Å²) in [5.41, 5.74) is 2.35. The Bertz CT molecular complexity index is 409. The van der Waals surface area contributed by atoms with Gasteiger partial charge in [-0.15, -0.1) is 0 Å². The standard InChI is InChI=1S/C15H22O2/c1-10-5-6-12(11(2)9-10)17-13-7-8-15(3,4)14(13)16/h5-6,9,13-14,16H,7-8H2,1-4H3. The van der Waals surface area contributed by atoms with Crippen LogP contribution in [0.5, 0.6) is 5.75 Å². The molecule has 17 heavy (non-hydrogen) atoms. The Kier molecular flexibility index (Phi) is 3.17. The zero-order chi connectivity index (χ0) is 12.6. The summed E-state index contributed by atoms with van der Waals surface area (Å²) in [5, 5.41) is 10.2. The van der Waals surface area contributed by atoms with Crippen LogP contribution >= 0.6 is 0 Å². The van der Waals surface area contributed by atoms with Crippen LogP contribution in [0.2, 0.25) is 0 Å². The summed E-state index contributed by atoms with van der Waals surface area (Å²) < 4.78 is 5.96. The fourth-order valence-corrected chi connectivity index (χ4v) is 2.54. The maximum absolute atomic E-state index is 10.2. The summed E-state index contributed by atoms with van der Waals surface area (Å²) in [6.07, 6.45) is 1.51. The molecule has 0 aromatic heterocycles. The Labute approximate surface area is 104 Å². The van der Waals surface area contributed by atoms with Crippen molar-refractivity contribution in [2.24, 2.45) is 5.41 Å². The van der Waals surface area contributed by atoms with E-state index in [1.807, 2.05) is 6.07 Å². The number of aliphatic hydroxyl groups is 1. The van der Waals surface area contributed by atoms with Crippen molar-refractivity contribution in [3.05, 3.63) is 29.3 Å². The van der Waals surface area contributed by atoms with Crippen molar-refractivity contribution in [1.82, 2.24) is 0 Å². The molecule has 1 aliphatic carbocycles. The number of benzene rings is 1. The maximum atomic E-state index is 10.2. The van der Waals surface area contributed by atoms with Gasteiger partial charge < -0.3 is 9.84 Å². The Morgan fingerprint density at radius 2 is 2.00 bits per heavy atom. The zero-order valence-electron chi connectivity index (χ0n) is 11.2. The first kappa shape index (κ1) is 12.4. The Morgan fingerprint density at radius 1 is 1.29 bits per heavy atom. The number of hydrogen-bond acceptors (Lipinski definition) is 2. The lowest BCUT2D eigenvalue weighted by molar-refractivity contribution is 0.00467. The fraction of sp³-hybridized carbons (Fsp3) is 0.600. The van der Waals surface area contributed by atoms with Gasteiger partial charge in [0.2, 0.25) is 0 Å². The first-order valence-electron chi connectivity index (χ1n) is 6.32. The number of aliphatic hydroxyl groups excluding tert-OH is 1. The summed E-state index contributed by atoms with van der Waals surface area (Å²) in [4.78, 5) is 0. The predicted molar refractivity (Wildman–Crippen MR) is 69.4 cm³/mol. The number of ether oxygens (including phenoxy) is 1. The van der Waals surface area contributed by atoms with Crippen LogP contribution in [0.1, 0.15) is 37.8 Å². The third-order valence-corrected chi connectivity index (χ3v) is 3.83. The zero-order valence-corrected chi connectivity index (χ0v) is 11.2. The van der Waals surface area contributed by atoms with Gasteiger partial charge in [0.05, 0.1) is 6.10 Å². The highest BCUT2D eigenvalue weighted by Gasteiger charge is 2.42. The molecule has 1 aliphatic rings. The predicted octanol–water partition coefficient (Wildman–Crippen LogP) is 3.23. The first-order valence-corrected chi connectivity index (χ1v) is 6.32. The summed E-state index contributed by atoms with van der Waals surface area (Å²) in [5.74, 6) is 0.900. The van der Waals surface area contributed by atoms with Gasteiger partial charge in [0, 0.05) is 0 Å².